The Morgan fingerprint density at radius 3 is 1.88 bits per heavy atom. The quantitative estimate of drug-likeness (QED) is 0.423. The molecule has 0 atom stereocenters. The second-order valence-corrected chi connectivity index (χ2v) is 8.05. The van der Waals surface area contributed by atoms with Crippen molar-refractivity contribution < 1.29 is 4.74 Å². The normalized spacial score (nSPS) is 30.9. The maximum atomic E-state index is 5.94. The summed E-state index contributed by atoms with van der Waals surface area (Å²) in [5.74, 6) is 2.48. The molecule has 0 aliphatic heterocycles. The Balaban J connectivity index is 1.49. The molecule has 2 saturated carbocycles. The number of rotatable bonds is 6. The van der Waals surface area contributed by atoms with Crippen LogP contribution in [0.5, 0.6) is 0 Å². The van der Waals surface area contributed by atoms with Gasteiger partial charge in [-0.2, -0.15) is 0 Å². The molecular weight excluding hydrogens is 292 g/mol. The summed E-state index contributed by atoms with van der Waals surface area (Å²) < 4.78 is 5.94. The smallest absolute Gasteiger partial charge is 0.0575 e. The largest absolute Gasteiger partial charge is 0.378 e. The molecule has 0 heterocycles. The van der Waals surface area contributed by atoms with E-state index in [2.05, 4.69) is 37.8 Å². The fraction of sp³-hybridized carbons (Fsp3) is 0.652. The lowest BCUT2D eigenvalue weighted by Crippen LogP contribution is -2.21. The third-order valence-electron chi connectivity index (χ3n) is 6.24. The summed E-state index contributed by atoms with van der Waals surface area (Å²) in [5, 5.41) is 0. The monoisotopic (exact) mass is 326 g/mol. The van der Waals surface area contributed by atoms with Crippen molar-refractivity contribution in [2.24, 2.45) is 5.92 Å². The van der Waals surface area contributed by atoms with Gasteiger partial charge in [0.1, 0.15) is 0 Å². The van der Waals surface area contributed by atoms with Crippen LogP contribution in [0.15, 0.2) is 36.9 Å². The van der Waals surface area contributed by atoms with Crippen LogP contribution in [0.2, 0.25) is 0 Å². The van der Waals surface area contributed by atoms with Gasteiger partial charge in [-0.3, -0.25) is 0 Å². The summed E-state index contributed by atoms with van der Waals surface area (Å²) in [6.45, 7) is 7.00. The summed E-state index contributed by atoms with van der Waals surface area (Å²) in [4.78, 5) is 0. The Labute approximate surface area is 148 Å². The van der Waals surface area contributed by atoms with Crippen LogP contribution in [0.4, 0.5) is 0 Å². The second-order valence-electron chi connectivity index (χ2n) is 8.05. The Morgan fingerprint density at radius 2 is 1.38 bits per heavy atom. The lowest BCUT2D eigenvalue weighted by Gasteiger charge is -2.29. The van der Waals surface area contributed by atoms with Crippen LogP contribution < -0.4 is 0 Å². The minimum atomic E-state index is 0.477. The fourth-order valence-electron chi connectivity index (χ4n) is 4.51. The van der Waals surface area contributed by atoms with Crippen molar-refractivity contribution in [2.75, 3.05) is 6.61 Å². The van der Waals surface area contributed by atoms with E-state index in [4.69, 9.17) is 4.74 Å². The molecule has 2 fully saturated rings. The molecule has 3 rings (SSSR count). The Kier molecular flexibility index (Phi) is 6.54. The van der Waals surface area contributed by atoms with Crippen molar-refractivity contribution in [3.05, 3.63) is 48.0 Å². The zero-order valence-electron chi connectivity index (χ0n) is 15.4. The highest BCUT2D eigenvalue weighted by molar-refractivity contribution is 5.28. The van der Waals surface area contributed by atoms with Crippen LogP contribution in [0.1, 0.15) is 87.7 Å². The summed E-state index contributed by atoms with van der Waals surface area (Å²) in [6, 6.07) is 9.67. The van der Waals surface area contributed by atoms with Gasteiger partial charge in [0.2, 0.25) is 0 Å². The minimum Gasteiger partial charge on any atom is -0.378 e. The maximum Gasteiger partial charge on any atom is 0.0575 e. The predicted octanol–water partition coefficient (Wildman–Crippen LogP) is 6.60. The van der Waals surface area contributed by atoms with Gasteiger partial charge in [0.15, 0.2) is 0 Å². The van der Waals surface area contributed by atoms with Crippen molar-refractivity contribution in [2.45, 2.75) is 82.7 Å². The predicted molar refractivity (Wildman–Crippen MR) is 103 cm³/mol. The van der Waals surface area contributed by atoms with Gasteiger partial charge >= 0.3 is 0 Å². The first-order valence-corrected chi connectivity index (χ1v) is 10.1. The SMILES string of the molecule is C=CCCOC1CCC(c2ccc(C3CCC(C)CC3)cc2)CC1. The molecule has 1 aromatic rings. The molecule has 0 N–H and O–H groups in total. The molecule has 2 aliphatic rings. The third kappa shape index (κ3) is 4.72. The third-order valence-corrected chi connectivity index (χ3v) is 6.24. The number of hydrogen-bond donors (Lipinski definition) is 0. The van der Waals surface area contributed by atoms with Crippen LogP contribution in [0.3, 0.4) is 0 Å². The average molecular weight is 327 g/mol. The van der Waals surface area contributed by atoms with Gasteiger partial charge < -0.3 is 4.74 Å². The van der Waals surface area contributed by atoms with Crippen molar-refractivity contribution >= 4 is 0 Å². The molecule has 1 heteroatoms. The molecule has 0 amide bonds. The molecule has 0 aromatic heterocycles. The van der Waals surface area contributed by atoms with E-state index in [9.17, 15) is 0 Å². The van der Waals surface area contributed by atoms with E-state index in [1.807, 2.05) is 6.08 Å². The van der Waals surface area contributed by atoms with Gasteiger partial charge in [-0.1, -0.05) is 50.1 Å². The van der Waals surface area contributed by atoms with E-state index in [0.29, 0.717) is 6.10 Å². The summed E-state index contributed by atoms with van der Waals surface area (Å²) in [5.41, 5.74) is 3.12. The first-order valence-electron chi connectivity index (χ1n) is 10.1. The van der Waals surface area contributed by atoms with Gasteiger partial charge in [0, 0.05) is 0 Å². The zero-order chi connectivity index (χ0) is 16.8. The molecule has 0 bridgehead atoms. The van der Waals surface area contributed by atoms with E-state index in [1.54, 1.807) is 11.1 Å². The maximum absolute atomic E-state index is 5.94. The van der Waals surface area contributed by atoms with Crippen LogP contribution in [-0.4, -0.2) is 12.7 Å². The van der Waals surface area contributed by atoms with Crippen LogP contribution in [0.25, 0.3) is 0 Å². The van der Waals surface area contributed by atoms with Gasteiger partial charge in [-0.15, -0.1) is 6.58 Å². The molecule has 24 heavy (non-hydrogen) atoms. The topological polar surface area (TPSA) is 9.23 Å². The molecular formula is C23H34O. The zero-order valence-corrected chi connectivity index (χ0v) is 15.4. The minimum absolute atomic E-state index is 0.477. The van der Waals surface area contributed by atoms with Crippen molar-refractivity contribution in [3.63, 3.8) is 0 Å². The number of ether oxygens (including phenoxy) is 1. The molecule has 0 radical (unpaired) electrons. The van der Waals surface area contributed by atoms with Crippen molar-refractivity contribution in [3.8, 4) is 0 Å². The molecule has 1 nitrogen and oxygen atoms in total. The molecule has 1 aromatic carbocycles. The van der Waals surface area contributed by atoms with Crippen LogP contribution in [0, 0.1) is 5.92 Å². The molecule has 0 saturated heterocycles. The lowest BCUT2D eigenvalue weighted by molar-refractivity contribution is 0.0274. The Bertz CT molecular complexity index is 487. The molecule has 2 aliphatic carbocycles. The lowest BCUT2D eigenvalue weighted by atomic mass is 9.78. The van der Waals surface area contributed by atoms with Crippen LogP contribution >= 0.6 is 0 Å². The highest BCUT2D eigenvalue weighted by Crippen LogP contribution is 2.38. The molecule has 0 unspecified atom stereocenters. The van der Waals surface area contributed by atoms with Crippen molar-refractivity contribution in [1.82, 2.24) is 0 Å². The van der Waals surface area contributed by atoms with E-state index in [-0.39, 0.29) is 0 Å². The Hall–Kier alpha value is -1.08. The van der Waals surface area contributed by atoms with E-state index < -0.39 is 0 Å². The highest BCUT2D eigenvalue weighted by atomic mass is 16.5. The highest BCUT2D eigenvalue weighted by Gasteiger charge is 2.23. The van der Waals surface area contributed by atoms with E-state index in [1.165, 1.54) is 51.4 Å². The molecule has 132 valence electrons. The number of hydrogen-bond acceptors (Lipinski definition) is 1. The fourth-order valence-corrected chi connectivity index (χ4v) is 4.51. The van der Waals surface area contributed by atoms with Crippen molar-refractivity contribution in [1.29, 1.82) is 0 Å². The first-order chi connectivity index (χ1) is 11.8. The summed E-state index contributed by atoms with van der Waals surface area (Å²) >= 11 is 0. The van der Waals surface area contributed by atoms with Crippen LogP contribution in [-0.2, 0) is 4.74 Å². The van der Waals surface area contributed by atoms with Gasteiger partial charge in [-0.25, -0.2) is 0 Å². The Morgan fingerprint density at radius 1 is 0.875 bits per heavy atom. The second kappa shape index (κ2) is 8.85. The average Bonchev–Trinajstić information content (AvgIpc) is 2.63. The first kappa shape index (κ1) is 17.7. The van der Waals surface area contributed by atoms with Gasteiger partial charge in [0.25, 0.3) is 0 Å². The van der Waals surface area contributed by atoms with Gasteiger partial charge in [-0.05, 0) is 73.8 Å². The summed E-state index contributed by atoms with van der Waals surface area (Å²) in [7, 11) is 0. The van der Waals surface area contributed by atoms with E-state index in [0.717, 1.165) is 30.8 Å². The number of benzene rings is 1. The van der Waals surface area contributed by atoms with Gasteiger partial charge in [0.05, 0.1) is 12.7 Å². The van der Waals surface area contributed by atoms with E-state index >= 15 is 0 Å². The standard InChI is InChI=1S/C23H34O/c1-3-4-17-24-23-15-13-22(14-16-23)21-11-9-20(10-12-21)19-7-5-18(2)6-8-19/h3,9-12,18-19,22-23H,1,4-8,13-17H2,2H3. The summed E-state index contributed by atoms with van der Waals surface area (Å²) in [6.07, 6.45) is 13.9. The molecule has 0 spiro atoms.